The van der Waals surface area contributed by atoms with E-state index in [9.17, 15) is 9.59 Å². The molecule has 0 bridgehead atoms. The molecule has 21 heavy (non-hydrogen) atoms. The molecule has 0 spiro atoms. The maximum absolute atomic E-state index is 11.9. The number of hydrogen-bond donors (Lipinski definition) is 4. The third-order valence-electron chi connectivity index (χ3n) is 3.10. The molecule has 0 aliphatic carbocycles. The number of rotatable bonds is 7. The van der Waals surface area contributed by atoms with Crippen molar-refractivity contribution in [1.82, 2.24) is 10.6 Å². The van der Waals surface area contributed by atoms with Crippen molar-refractivity contribution < 1.29 is 14.7 Å². The summed E-state index contributed by atoms with van der Waals surface area (Å²) in [6.45, 7) is 3.75. The predicted molar refractivity (Wildman–Crippen MR) is 81.7 cm³/mol. The van der Waals surface area contributed by atoms with E-state index < -0.39 is 0 Å². The molecule has 1 unspecified atom stereocenters. The van der Waals surface area contributed by atoms with Crippen molar-refractivity contribution in [3.63, 3.8) is 0 Å². The number of benzene rings is 1. The molecule has 1 aromatic rings. The summed E-state index contributed by atoms with van der Waals surface area (Å²) in [5.74, 6) is -0.346. The summed E-state index contributed by atoms with van der Waals surface area (Å²) in [5, 5.41) is 17.1. The van der Waals surface area contributed by atoms with E-state index in [4.69, 9.17) is 5.11 Å². The van der Waals surface area contributed by atoms with Crippen LogP contribution in [0.1, 0.15) is 19.4 Å². The third-order valence-corrected chi connectivity index (χ3v) is 3.10. The first-order valence-electron chi connectivity index (χ1n) is 6.92. The van der Waals surface area contributed by atoms with E-state index in [0.29, 0.717) is 5.69 Å². The summed E-state index contributed by atoms with van der Waals surface area (Å²) in [4.78, 5) is 23.6. The van der Waals surface area contributed by atoms with Crippen molar-refractivity contribution in [2.45, 2.75) is 26.5 Å². The van der Waals surface area contributed by atoms with Gasteiger partial charge < -0.3 is 21.1 Å². The van der Waals surface area contributed by atoms with Gasteiger partial charge >= 0.3 is 0 Å². The van der Waals surface area contributed by atoms with Crippen LogP contribution in [0.15, 0.2) is 24.3 Å². The zero-order valence-corrected chi connectivity index (χ0v) is 12.6. The van der Waals surface area contributed by atoms with Gasteiger partial charge in [-0.3, -0.25) is 9.59 Å². The number of nitrogens with one attached hydrogen (secondary N) is 3. The fourth-order valence-corrected chi connectivity index (χ4v) is 1.94. The van der Waals surface area contributed by atoms with Gasteiger partial charge in [-0.15, -0.1) is 0 Å². The Balaban J connectivity index is 2.44. The Morgan fingerprint density at radius 1 is 1.19 bits per heavy atom. The molecule has 0 aromatic heterocycles. The van der Waals surface area contributed by atoms with Gasteiger partial charge in [0, 0.05) is 5.69 Å². The van der Waals surface area contributed by atoms with E-state index >= 15 is 0 Å². The molecule has 6 nitrogen and oxygen atoms in total. The maximum atomic E-state index is 11.9. The van der Waals surface area contributed by atoms with Crippen LogP contribution in [0.25, 0.3) is 0 Å². The van der Waals surface area contributed by atoms with Crippen LogP contribution in [-0.2, 0) is 16.2 Å². The van der Waals surface area contributed by atoms with Gasteiger partial charge in [-0.2, -0.15) is 0 Å². The van der Waals surface area contributed by atoms with Gasteiger partial charge in [0.15, 0.2) is 0 Å². The summed E-state index contributed by atoms with van der Waals surface area (Å²) >= 11 is 0. The second-order valence-electron chi connectivity index (χ2n) is 5.13. The highest BCUT2D eigenvalue weighted by Gasteiger charge is 2.20. The quantitative estimate of drug-likeness (QED) is 0.588. The largest absolute Gasteiger partial charge is 0.392 e. The minimum Gasteiger partial charge on any atom is -0.392 e. The van der Waals surface area contributed by atoms with Crippen molar-refractivity contribution in [3.8, 4) is 0 Å². The van der Waals surface area contributed by atoms with Crippen LogP contribution in [0.4, 0.5) is 5.69 Å². The highest BCUT2D eigenvalue weighted by Crippen LogP contribution is 2.09. The molecule has 0 saturated carbocycles. The van der Waals surface area contributed by atoms with Crippen molar-refractivity contribution in [1.29, 1.82) is 0 Å². The van der Waals surface area contributed by atoms with Gasteiger partial charge in [0.05, 0.1) is 19.2 Å². The average Bonchev–Trinajstić information content (AvgIpc) is 2.46. The first-order valence-corrected chi connectivity index (χ1v) is 6.92. The molecule has 0 aliphatic rings. The molecule has 0 saturated heterocycles. The van der Waals surface area contributed by atoms with Crippen LogP contribution in [0.2, 0.25) is 0 Å². The van der Waals surface area contributed by atoms with Gasteiger partial charge in [0.25, 0.3) is 0 Å². The van der Waals surface area contributed by atoms with Gasteiger partial charge in [-0.1, -0.05) is 26.0 Å². The van der Waals surface area contributed by atoms with Crippen molar-refractivity contribution in [2.24, 2.45) is 5.92 Å². The van der Waals surface area contributed by atoms with Crippen LogP contribution >= 0.6 is 0 Å². The first kappa shape index (κ1) is 17.1. The zero-order chi connectivity index (χ0) is 15.8. The fraction of sp³-hybridized carbons (Fsp3) is 0.467. The Bertz CT molecular complexity index is 472. The number of amides is 2. The molecule has 1 rings (SSSR count). The molecule has 1 aromatic carbocycles. The standard InChI is InChI=1S/C15H23N3O3/c1-10(2)14(16-3)15(21)17-8-13(20)18-12-6-4-11(9-19)5-7-12/h4-7,10,14,16,19H,8-9H2,1-3H3,(H,17,21)(H,18,20). The van der Waals surface area contributed by atoms with Gasteiger partial charge in [0.1, 0.15) is 0 Å². The minimum atomic E-state index is -0.318. The normalized spacial score (nSPS) is 12.0. The molecular formula is C15H23N3O3. The number of carbonyl (C=O) groups is 2. The van der Waals surface area contributed by atoms with E-state index in [0.717, 1.165) is 5.56 Å². The molecule has 116 valence electrons. The van der Waals surface area contributed by atoms with E-state index in [1.807, 2.05) is 13.8 Å². The molecule has 0 fully saturated rings. The topological polar surface area (TPSA) is 90.5 Å². The number of aliphatic hydroxyl groups excluding tert-OH is 1. The highest BCUT2D eigenvalue weighted by molar-refractivity contribution is 5.95. The maximum Gasteiger partial charge on any atom is 0.243 e. The molecule has 2 amide bonds. The van der Waals surface area contributed by atoms with Crippen LogP contribution < -0.4 is 16.0 Å². The van der Waals surface area contributed by atoms with Gasteiger partial charge in [-0.25, -0.2) is 0 Å². The Morgan fingerprint density at radius 2 is 1.81 bits per heavy atom. The van der Waals surface area contributed by atoms with E-state index in [-0.39, 0.29) is 36.9 Å². The molecular weight excluding hydrogens is 270 g/mol. The lowest BCUT2D eigenvalue weighted by Crippen LogP contribution is -2.47. The Morgan fingerprint density at radius 3 is 2.29 bits per heavy atom. The Kier molecular flexibility index (Phi) is 6.84. The lowest BCUT2D eigenvalue weighted by molar-refractivity contribution is -0.126. The summed E-state index contributed by atoms with van der Waals surface area (Å²) in [7, 11) is 1.72. The van der Waals surface area contributed by atoms with E-state index in [2.05, 4.69) is 16.0 Å². The zero-order valence-electron chi connectivity index (χ0n) is 12.6. The lowest BCUT2D eigenvalue weighted by atomic mass is 10.0. The molecule has 0 radical (unpaired) electrons. The van der Waals surface area contributed by atoms with Crippen LogP contribution in [0.3, 0.4) is 0 Å². The van der Waals surface area contributed by atoms with Crippen LogP contribution in [0.5, 0.6) is 0 Å². The third kappa shape index (κ3) is 5.53. The molecule has 0 heterocycles. The van der Waals surface area contributed by atoms with Crippen LogP contribution in [-0.4, -0.2) is 36.6 Å². The Hall–Kier alpha value is -1.92. The number of likely N-dealkylation sites (N-methyl/N-ethyl adjacent to an activating group) is 1. The van der Waals surface area contributed by atoms with Crippen molar-refractivity contribution in [2.75, 3.05) is 18.9 Å². The second kappa shape index (κ2) is 8.39. The number of carbonyl (C=O) groups excluding carboxylic acids is 2. The lowest BCUT2D eigenvalue weighted by Gasteiger charge is -2.19. The number of hydrogen-bond acceptors (Lipinski definition) is 4. The monoisotopic (exact) mass is 293 g/mol. The smallest absolute Gasteiger partial charge is 0.243 e. The van der Waals surface area contributed by atoms with E-state index in [1.165, 1.54) is 0 Å². The summed E-state index contributed by atoms with van der Waals surface area (Å²) in [6.07, 6.45) is 0. The van der Waals surface area contributed by atoms with Gasteiger partial charge in [-0.05, 0) is 30.7 Å². The van der Waals surface area contributed by atoms with Crippen LogP contribution in [0, 0.1) is 5.92 Å². The Labute approximate surface area is 124 Å². The summed E-state index contributed by atoms with van der Waals surface area (Å²) in [6, 6.07) is 6.54. The predicted octanol–water partition coefficient (Wildman–Crippen LogP) is 0.478. The molecule has 6 heteroatoms. The number of aliphatic hydroxyl groups is 1. The SMILES string of the molecule is CNC(C(=O)NCC(=O)Nc1ccc(CO)cc1)C(C)C. The number of anilines is 1. The highest BCUT2D eigenvalue weighted by atomic mass is 16.3. The fourth-order valence-electron chi connectivity index (χ4n) is 1.94. The van der Waals surface area contributed by atoms with E-state index in [1.54, 1.807) is 31.3 Å². The summed E-state index contributed by atoms with van der Waals surface area (Å²) in [5.41, 5.74) is 1.40. The van der Waals surface area contributed by atoms with Crippen molar-refractivity contribution >= 4 is 17.5 Å². The molecule has 4 N–H and O–H groups in total. The molecule has 0 aliphatic heterocycles. The second-order valence-corrected chi connectivity index (χ2v) is 5.13. The first-order chi connectivity index (χ1) is 9.97. The van der Waals surface area contributed by atoms with Gasteiger partial charge in [0.2, 0.25) is 11.8 Å². The van der Waals surface area contributed by atoms with Crippen molar-refractivity contribution in [3.05, 3.63) is 29.8 Å². The summed E-state index contributed by atoms with van der Waals surface area (Å²) < 4.78 is 0. The minimum absolute atomic E-state index is 0.0368. The molecule has 1 atom stereocenters. The average molecular weight is 293 g/mol.